The summed E-state index contributed by atoms with van der Waals surface area (Å²) in [7, 11) is 1.80. The minimum atomic E-state index is 0.297. The second-order valence-electron chi connectivity index (χ2n) is 5.46. The molecule has 0 spiro atoms. The van der Waals surface area contributed by atoms with Crippen LogP contribution in [-0.2, 0) is 10.1 Å². The maximum Gasteiger partial charge on any atom is 0.125 e. The number of halogens is 1. The summed E-state index contributed by atoms with van der Waals surface area (Å²) >= 11 is 3.51. The fraction of sp³-hybridized carbons (Fsp3) is 0.625. The smallest absolute Gasteiger partial charge is 0.125 e. The van der Waals surface area contributed by atoms with Gasteiger partial charge >= 0.3 is 0 Å². The van der Waals surface area contributed by atoms with Gasteiger partial charge < -0.3 is 9.47 Å². The number of rotatable bonds is 4. The number of alkyl halides is 1. The van der Waals surface area contributed by atoms with Gasteiger partial charge in [0, 0.05) is 18.9 Å². The molecule has 19 heavy (non-hydrogen) atoms. The minimum absolute atomic E-state index is 0.297. The molecule has 0 N–H and O–H groups in total. The van der Waals surface area contributed by atoms with Crippen molar-refractivity contribution in [3.8, 4) is 5.75 Å². The standard InChI is InChI=1S/C16H23BrO2/c1-11-7-13(10-17)8-12(2)16(11)19-15-6-4-5-14(9-15)18-3/h7-8,14-15H,4-6,9-10H2,1-3H3. The third-order valence-electron chi connectivity index (χ3n) is 3.87. The topological polar surface area (TPSA) is 18.5 Å². The molecule has 2 atom stereocenters. The summed E-state index contributed by atoms with van der Waals surface area (Å²) in [5, 5.41) is 0.893. The van der Waals surface area contributed by atoms with Gasteiger partial charge in [-0.15, -0.1) is 0 Å². The van der Waals surface area contributed by atoms with Crippen LogP contribution in [0.25, 0.3) is 0 Å². The van der Waals surface area contributed by atoms with Crippen LogP contribution in [0.4, 0.5) is 0 Å². The Morgan fingerprint density at radius 3 is 2.37 bits per heavy atom. The highest BCUT2D eigenvalue weighted by atomic mass is 79.9. The van der Waals surface area contributed by atoms with Crippen molar-refractivity contribution in [3.05, 3.63) is 28.8 Å². The number of ether oxygens (including phenoxy) is 2. The first-order valence-corrected chi connectivity index (χ1v) is 8.11. The first kappa shape index (κ1) is 14.9. The van der Waals surface area contributed by atoms with Crippen molar-refractivity contribution in [2.75, 3.05) is 7.11 Å². The number of methoxy groups -OCH3 is 1. The highest BCUT2D eigenvalue weighted by Gasteiger charge is 2.24. The van der Waals surface area contributed by atoms with Crippen LogP contribution in [0.2, 0.25) is 0 Å². The normalized spacial score (nSPS) is 23.4. The summed E-state index contributed by atoms with van der Waals surface area (Å²) in [6, 6.07) is 4.40. The third-order valence-corrected chi connectivity index (χ3v) is 4.52. The van der Waals surface area contributed by atoms with Gasteiger partial charge in [0.2, 0.25) is 0 Å². The number of benzene rings is 1. The van der Waals surface area contributed by atoms with Gasteiger partial charge in [-0.05, 0) is 49.8 Å². The molecule has 0 bridgehead atoms. The SMILES string of the molecule is COC1CCCC(Oc2c(C)cc(CBr)cc2C)C1. The molecule has 1 aromatic carbocycles. The molecule has 0 heterocycles. The van der Waals surface area contributed by atoms with Gasteiger partial charge in [-0.2, -0.15) is 0 Å². The maximum atomic E-state index is 6.25. The van der Waals surface area contributed by atoms with Crippen LogP contribution in [-0.4, -0.2) is 19.3 Å². The molecular weight excluding hydrogens is 304 g/mol. The Bertz CT molecular complexity index is 408. The van der Waals surface area contributed by atoms with Crippen LogP contribution < -0.4 is 4.74 Å². The molecule has 3 heteroatoms. The van der Waals surface area contributed by atoms with E-state index in [-0.39, 0.29) is 0 Å². The lowest BCUT2D eigenvalue weighted by Gasteiger charge is -2.29. The fourth-order valence-electron chi connectivity index (χ4n) is 2.89. The van der Waals surface area contributed by atoms with Crippen LogP contribution in [0.3, 0.4) is 0 Å². The monoisotopic (exact) mass is 326 g/mol. The molecule has 2 nitrogen and oxygen atoms in total. The summed E-state index contributed by atoms with van der Waals surface area (Å²) in [5.41, 5.74) is 3.77. The quantitative estimate of drug-likeness (QED) is 0.756. The first-order chi connectivity index (χ1) is 9.13. The Morgan fingerprint density at radius 1 is 1.16 bits per heavy atom. The molecule has 0 amide bonds. The summed E-state index contributed by atoms with van der Waals surface area (Å²) < 4.78 is 11.7. The average molecular weight is 327 g/mol. The number of aryl methyl sites for hydroxylation is 2. The molecule has 2 rings (SSSR count). The van der Waals surface area contributed by atoms with E-state index in [9.17, 15) is 0 Å². The van der Waals surface area contributed by atoms with Gasteiger partial charge in [0.05, 0.1) is 6.10 Å². The van der Waals surface area contributed by atoms with E-state index in [0.29, 0.717) is 12.2 Å². The van der Waals surface area contributed by atoms with E-state index in [1.165, 1.54) is 23.1 Å². The molecule has 2 unspecified atom stereocenters. The van der Waals surface area contributed by atoms with Gasteiger partial charge in [-0.3, -0.25) is 0 Å². The second-order valence-corrected chi connectivity index (χ2v) is 6.02. The Balaban J connectivity index is 2.10. The van der Waals surface area contributed by atoms with Crippen LogP contribution in [0.5, 0.6) is 5.75 Å². The van der Waals surface area contributed by atoms with E-state index in [1.54, 1.807) is 7.11 Å². The molecule has 1 fully saturated rings. The Hall–Kier alpha value is -0.540. The molecule has 0 aromatic heterocycles. The lowest BCUT2D eigenvalue weighted by Crippen LogP contribution is -2.29. The van der Waals surface area contributed by atoms with Gasteiger partial charge in [-0.25, -0.2) is 0 Å². The van der Waals surface area contributed by atoms with E-state index in [1.807, 2.05) is 0 Å². The van der Waals surface area contributed by atoms with E-state index in [2.05, 4.69) is 41.9 Å². The first-order valence-electron chi connectivity index (χ1n) is 6.99. The van der Waals surface area contributed by atoms with Crippen LogP contribution >= 0.6 is 15.9 Å². The summed E-state index contributed by atoms with van der Waals surface area (Å²) in [6.07, 6.45) is 5.17. The largest absolute Gasteiger partial charge is 0.490 e. The zero-order chi connectivity index (χ0) is 13.8. The highest BCUT2D eigenvalue weighted by Crippen LogP contribution is 2.30. The van der Waals surface area contributed by atoms with E-state index in [0.717, 1.165) is 30.3 Å². The van der Waals surface area contributed by atoms with Gasteiger partial charge in [-0.1, -0.05) is 28.1 Å². The molecule has 1 saturated carbocycles. The molecule has 106 valence electrons. The molecule has 1 aliphatic rings. The van der Waals surface area contributed by atoms with Crippen LogP contribution in [0, 0.1) is 13.8 Å². The molecule has 0 radical (unpaired) electrons. The third kappa shape index (κ3) is 3.73. The summed E-state index contributed by atoms with van der Waals surface area (Å²) in [4.78, 5) is 0. The minimum Gasteiger partial charge on any atom is -0.490 e. The summed E-state index contributed by atoms with van der Waals surface area (Å²) in [6.45, 7) is 4.26. The van der Waals surface area contributed by atoms with Gasteiger partial charge in [0.25, 0.3) is 0 Å². The highest BCUT2D eigenvalue weighted by molar-refractivity contribution is 9.08. The van der Waals surface area contributed by atoms with Crippen molar-refractivity contribution in [2.24, 2.45) is 0 Å². The van der Waals surface area contributed by atoms with E-state index in [4.69, 9.17) is 9.47 Å². The average Bonchev–Trinajstić information content (AvgIpc) is 2.42. The lowest BCUT2D eigenvalue weighted by molar-refractivity contribution is 0.0205. The predicted octanol–water partition coefficient (Wildman–Crippen LogP) is 4.53. The number of hydrogen-bond donors (Lipinski definition) is 0. The van der Waals surface area contributed by atoms with Gasteiger partial charge in [0.1, 0.15) is 11.9 Å². The lowest BCUT2D eigenvalue weighted by atomic mass is 9.94. The second kappa shape index (κ2) is 6.76. The molecule has 0 aliphatic heterocycles. The zero-order valence-corrected chi connectivity index (χ0v) is 13.6. The Morgan fingerprint density at radius 2 is 1.79 bits per heavy atom. The van der Waals surface area contributed by atoms with E-state index >= 15 is 0 Å². The van der Waals surface area contributed by atoms with Crippen molar-refractivity contribution in [1.29, 1.82) is 0 Å². The van der Waals surface area contributed by atoms with E-state index < -0.39 is 0 Å². The Labute approximate surface area is 124 Å². The maximum absolute atomic E-state index is 6.25. The fourth-order valence-corrected chi connectivity index (χ4v) is 3.22. The predicted molar refractivity (Wildman–Crippen MR) is 82.2 cm³/mol. The summed E-state index contributed by atoms with van der Waals surface area (Å²) in [5.74, 6) is 1.06. The van der Waals surface area contributed by atoms with Crippen molar-refractivity contribution >= 4 is 15.9 Å². The molecular formula is C16H23BrO2. The molecule has 1 aromatic rings. The molecule has 1 aliphatic carbocycles. The van der Waals surface area contributed by atoms with Crippen molar-refractivity contribution in [1.82, 2.24) is 0 Å². The van der Waals surface area contributed by atoms with Crippen LogP contribution in [0.15, 0.2) is 12.1 Å². The van der Waals surface area contributed by atoms with Crippen LogP contribution in [0.1, 0.15) is 42.4 Å². The van der Waals surface area contributed by atoms with Crippen molar-refractivity contribution in [2.45, 2.75) is 57.1 Å². The van der Waals surface area contributed by atoms with Gasteiger partial charge in [0.15, 0.2) is 0 Å². The zero-order valence-electron chi connectivity index (χ0n) is 12.0. The van der Waals surface area contributed by atoms with Crippen molar-refractivity contribution in [3.63, 3.8) is 0 Å². The Kier molecular flexibility index (Phi) is 5.28. The van der Waals surface area contributed by atoms with Crippen molar-refractivity contribution < 1.29 is 9.47 Å². The number of hydrogen-bond acceptors (Lipinski definition) is 2. The molecule has 0 saturated heterocycles.